The molecule has 1 aliphatic carbocycles. The number of methoxy groups -OCH3 is 1. The molecule has 2 heterocycles. The van der Waals surface area contributed by atoms with Gasteiger partial charge in [0.1, 0.15) is 5.69 Å². The Kier molecular flexibility index (Phi) is 6.83. The van der Waals surface area contributed by atoms with Gasteiger partial charge in [0.2, 0.25) is 10.0 Å². The zero-order valence-corrected chi connectivity index (χ0v) is 21.7. The number of amides is 1. The predicted molar refractivity (Wildman–Crippen MR) is 140 cm³/mol. The lowest BCUT2D eigenvalue weighted by Gasteiger charge is -2.30. The number of rotatable bonds is 7. The van der Waals surface area contributed by atoms with Gasteiger partial charge in [0.05, 0.1) is 12.0 Å². The van der Waals surface area contributed by atoms with Crippen LogP contribution >= 0.6 is 11.3 Å². The fraction of sp³-hybridized carbons (Fsp3) is 0.308. The second kappa shape index (κ2) is 10.0. The molecule has 2 aromatic heterocycles. The Balaban J connectivity index is 1.28. The van der Waals surface area contributed by atoms with Gasteiger partial charge in [-0.2, -0.15) is 4.31 Å². The van der Waals surface area contributed by atoms with Gasteiger partial charge in [-0.15, -0.1) is 11.3 Å². The van der Waals surface area contributed by atoms with E-state index in [1.165, 1.54) is 39.9 Å². The van der Waals surface area contributed by atoms with Crippen LogP contribution in [0.4, 0.5) is 5.13 Å². The summed E-state index contributed by atoms with van der Waals surface area (Å²) < 4.78 is 38.9. The molecule has 1 amide bonds. The maximum atomic E-state index is 13.0. The van der Waals surface area contributed by atoms with E-state index in [0.717, 1.165) is 37.5 Å². The minimum atomic E-state index is -3.61. The van der Waals surface area contributed by atoms with E-state index in [-0.39, 0.29) is 16.8 Å². The number of ether oxygens (including phenoxy) is 1. The minimum Gasteiger partial charge on any atom is -0.493 e. The van der Waals surface area contributed by atoms with E-state index >= 15 is 0 Å². The van der Waals surface area contributed by atoms with E-state index in [9.17, 15) is 13.2 Å². The van der Waals surface area contributed by atoms with E-state index in [1.807, 2.05) is 24.3 Å². The first-order valence-corrected chi connectivity index (χ1v) is 14.1. The molecule has 0 atom stereocenters. The van der Waals surface area contributed by atoms with Gasteiger partial charge in [0.15, 0.2) is 22.2 Å². The van der Waals surface area contributed by atoms with E-state index < -0.39 is 10.0 Å². The Bertz CT molecular complexity index is 1490. The molecule has 2 aromatic carbocycles. The fourth-order valence-corrected chi connectivity index (χ4v) is 6.63. The number of thiazole rings is 1. The Hall–Kier alpha value is -3.21. The van der Waals surface area contributed by atoms with E-state index in [0.29, 0.717) is 33.5 Å². The summed E-state index contributed by atoms with van der Waals surface area (Å²) in [5, 5.41) is 5.89. The summed E-state index contributed by atoms with van der Waals surface area (Å²) in [5.41, 5.74) is 1.58. The average molecular weight is 526 g/mol. The largest absolute Gasteiger partial charge is 0.493 e. The molecule has 0 spiro atoms. The van der Waals surface area contributed by atoms with Crippen molar-refractivity contribution >= 4 is 43.4 Å². The number of aromatic nitrogens is 1. The van der Waals surface area contributed by atoms with Crippen LogP contribution in [0.15, 0.2) is 63.2 Å². The standard InChI is InChI=1S/C26H27N3O5S2/c1-29(19-8-4-3-5-9-19)36(31,32)20-13-11-17(12-14-20)25(30)28-26-27-21(16-35-26)23-15-18-7-6-10-22(33-2)24(18)34-23/h6-7,10-16,19H,3-5,8-9H2,1-2H3,(H,27,28,30). The van der Waals surface area contributed by atoms with Crippen LogP contribution < -0.4 is 10.1 Å². The highest BCUT2D eigenvalue weighted by Gasteiger charge is 2.29. The van der Waals surface area contributed by atoms with Gasteiger partial charge in [-0.1, -0.05) is 31.4 Å². The SMILES string of the molecule is COc1cccc2cc(-c3csc(NC(=O)c4ccc(S(=O)(=O)N(C)C5CCCCC5)cc4)n3)oc12. The van der Waals surface area contributed by atoms with Crippen LogP contribution in [0, 0.1) is 0 Å². The second-order valence-corrected chi connectivity index (χ2v) is 11.7. The third-order valence-corrected chi connectivity index (χ3v) is 9.27. The van der Waals surface area contributed by atoms with Crippen molar-refractivity contribution in [2.24, 2.45) is 0 Å². The molecule has 5 rings (SSSR count). The van der Waals surface area contributed by atoms with Crippen LogP contribution in [0.1, 0.15) is 42.5 Å². The Morgan fingerprint density at radius 3 is 2.61 bits per heavy atom. The van der Waals surface area contributed by atoms with Crippen LogP contribution in [0.25, 0.3) is 22.4 Å². The number of carbonyl (C=O) groups excluding carboxylic acids is 1. The molecule has 1 N–H and O–H groups in total. The number of carbonyl (C=O) groups is 1. The number of anilines is 1. The van der Waals surface area contributed by atoms with Crippen LogP contribution in [0.5, 0.6) is 5.75 Å². The van der Waals surface area contributed by atoms with Crippen molar-refractivity contribution in [3.05, 3.63) is 59.5 Å². The number of fused-ring (bicyclic) bond motifs is 1. The molecule has 0 unspecified atom stereocenters. The first-order chi connectivity index (χ1) is 17.4. The molecule has 0 aliphatic heterocycles. The van der Waals surface area contributed by atoms with Gasteiger partial charge in [0, 0.05) is 29.4 Å². The molecular weight excluding hydrogens is 498 g/mol. The summed E-state index contributed by atoms with van der Waals surface area (Å²) >= 11 is 1.28. The van der Waals surface area contributed by atoms with E-state index in [2.05, 4.69) is 10.3 Å². The highest BCUT2D eigenvalue weighted by molar-refractivity contribution is 7.89. The monoisotopic (exact) mass is 525 g/mol. The van der Waals surface area contributed by atoms with Crippen molar-refractivity contribution < 1.29 is 22.4 Å². The average Bonchev–Trinajstić information content (AvgIpc) is 3.55. The quantitative estimate of drug-likeness (QED) is 0.329. The van der Waals surface area contributed by atoms with Crippen molar-refractivity contribution in [2.75, 3.05) is 19.5 Å². The summed E-state index contributed by atoms with van der Waals surface area (Å²) in [6.45, 7) is 0. The van der Waals surface area contributed by atoms with E-state index in [4.69, 9.17) is 9.15 Å². The minimum absolute atomic E-state index is 0.0265. The number of furan rings is 1. The first kappa shape index (κ1) is 24.5. The molecule has 1 saturated carbocycles. The summed E-state index contributed by atoms with van der Waals surface area (Å²) in [7, 11) is -0.381. The molecule has 8 nitrogen and oxygen atoms in total. The van der Waals surface area contributed by atoms with Crippen molar-refractivity contribution in [1.82, 2.24) is 9.29 Å². The number of hydrogen-bond acceptors (Lipinski definition) is 7. The summed E-state index contributed by atoms with van der Waals surface area (Å²) in [4.78, 5) is 17.4. The molecule has 36 heavy (non-hydrogen) atoms. The lowest BCUT2D eigenvalue weighted by atomic mass is 9.96. The third-order valence-electron chi connectivity index (χ3n) is 6.59. The van der Waals surface area contributed by atoms with Gasteiger partial charge in [-0.25, -0.2) is 13.4 Å². The van der Waals surface area contributed by atoms with Gasteiger partial charge in [-0.3, -0.25) is 10.1 Å². The number of nitrogens with one attached hydrogen (secondary N) is 1. The fourth-order valence-electron chi connectivity index (χ4n) is 4.52. The van der Waals surface area contributed by atoms with Gasteiger partial charge in [0.25, 0.3) is 5.91 Å². The van der Waals surface area contributed by atoms with E-state index in [1.54, 1.807) is 19.5 Å². The van der Waals surface area contributed by atoms with Gasteiger partial charge >= 0.3 is 0 Å². The number of nitrogens with zero attached hydrogens (tertiary/aromatic N) is 2. The molecule has 4 aromatic rings. The van der Waals surface area contributed by atoms with Crippen molar-refractivity contribution in [2.45, 2.75) is 43.0 Å². The van der Waals surface area contributed by atoms with Crippen molar-refractivity contribution in [3.8, 4) is 17.2 Å². The Labute approximate surface area is 214 Å². The topological polar surface area (TPSA) is 102 Å². The molecule has 0 radical (unpaired) electrons. The number of benzene rings is 2. The Morgan fingerprint density at radius 2 is 1.89 bits per heavy atom. The third kappa shape index (κ3) is 4.76. The molecule has 1 fully saturated rings. The number of para-hydroxylation sites is 1. The predicted octanol–water partition coefficient (Wildman–Crippen LogP) is 5.77. The normalized spacial score (nSPS) is 14.9. The molecule has 0 bridgehead atoms. The smallest absolute Gasteiger partial charge is 0.257 e. The Morgan fingerprint density at radius 1 is 1.14 bits per heavy atom. The molecule has 188 valence electrons. The van der Waals surface area contributed by atoms with Crippen LogP contribution in [-0.2, 0) is 10.0 Å². The summed E-state index contributed by atoms with van der Waals surface area (Å²) in [6, 6.07) is 13.6. The summed E-state index contributed by atoms with van der Waals surface area (Å²) in [6.07, 6.45) is 5.02. The first-order valence-electron chi connectivity index (χ1n) is 11.8. The highest BCUT2D eigenvalue weighted by Crippen LogP contribution is 2.34. The summed E-state index contributed by atoms with van der Waals surface area (Å²) in [5.74, 6) is 0.840. The van der Waals surface area contributed by atoms with Crippen molar-refractivity contribution in [3.63, 3.8) is 0 Å². The molecular formula is C26H27N3O5S2. The maximum absolute atomic E-state index is 13.0. The van der Waals surface area contributed by atoms with Gasteiger partial charge in [-0.05, 0) is 49.2 Å². The van der Waals surface area contributed by atoms with Crippen LogP contribution in [0.2, 0.25) is 0 Å². The molecule has 1 aliphatic rings. The second-order valence-electron chi connectivity index (χ2n) is 8.82. The van der Waals surface area contributed by atoms with Crippen LogP contribution in [-0.4, -0.2) is 43.8 Å². The molecule has 10 heteroatoms. The number of sulfonamides is 1. The zero-order valence-electron chi connectivity index (χ0n) is 20.1. The lowest BCUT2D eigenvalue weighted by molar-refractivity contribution is 0.102. The lowest BCUT2D eigenvalue weighted by Crippen LogP contribution is -2.38. The van der Waals surface area contributed by atoms with Crippen LogP contribution in [0.3, 0.4) is 0 Å². The maximum Gasteiger partial charge on any atom is 0.257 e. The number of hydrogen-bond donors (Lipinski definition) is 1. The molecule has 0 saturated heterocycles. The highest BCUT2D eigenvalue weighted by atomic mass is 32.2. The zero-order chi connectivity index (χ0) is 25.3. The van der Waals surface area contributed by atoms with Crippen molar-refractivity contribution in [1.29, 1.82) is 0 Å². The van der Waals surface area contributed by atoms with Gasteiger partial charge < -0.3 is 9.15 Å².